The lowest BCUT2D eigenvalue weighted by atomic mass is 10.1. The van der Waals surface area contributed by atoms with E-state index in [0.29, 0.717) is 17.7 Å². The van der Waals surface area contributed by atoms with Crippen molar-refractivity contribution in [1.82, 2.24) is 4.90 Å². The van der Waals surface area contributed by atoms with Gasteiger partial charge in [0, 0.05) is 12.3 Å². The van der Waals surface area contributed by atoms with Crippen LogP contribution in [-0.2, 0) is 0 Å². The number of rotatable bonds is 7. The topological polar surface area (TPSA) is 37.4 Å². The molecule has 1 aliphatic heterocycles. The number of fused-ring (bicyclic) bond motifs is 1. The molecule has 0 saturated carbocycles. The summed E-state index contributed by atoms with van der Waals surface area (Å²) in [6.07, 6.45) is 3.68. The van der Waals surface area contributed by atoms with E-state index in [4.69, 9.17) is 0 Å². The number of hydrogen-bond donors (Lipinski definition) is 0. The van der Waals surface area contributed by atoms with Gasteiger partial charge in [0.1, 0.15) is 0 Å². The van der Waals surface area contributed by atoms with E-state index in [9.17, 15) is 9.59 Å². The maximum atomic E-state index is 12.1. The van der Waals surface area contributed by atoms with Crippen molar-refractivity contribution >= 4 is 23.6 Å². The van der Waals surface area contributed by atoms with E-state index in [2.05, 4.69) is 6.92 Å². The Hall–Kier alpha value is -1.29. The van der Waals surface area contributed by atoms with Crippen molar-refractivity contribution in [2.75, 3.05) is 18.1 Å². The van der Waals surface area contributed by atoms with Crippen molar-refractivity contribution in [3.63, 3.8) is 0 Å². The molecule has 0 bridgehead atoms. The number of nitrogens with zero attached hydrogens (tertiary/aromatic N) is 1. The standard InChI is InChI=1S/C15H19NO2S/c1-2-3-6-10-19-11-9-16-14(17)12-7-4-5-8-13(12)15(16)18/h4-5,7-8H,2-3,6,9-11H2,1H3. The fraction of sp³-hybridized carbons (Fsp3) is 0.467. The van der Waals surface area contributed by atoms with Crippen LogP contribution in [0, 0.1) is 0 Å². The zero-order chi connectivity index (χ0) is 13.7. The summed E-state index contributed by atoms with van der Waals surface area (Å²) in [6.45, 7) is 2.70. The lowest BCUT2D eigenvalue weighted by molar-refractivity contribution is 0.0664. The second-order valence-electron chi connectivity index (χ2n) is 4.63. The summed E-state index contributed by atoms with van der Waals surface area (Å²) in [5, 5.41) is 0. The van der Waals surface area contributed by atoms with Gasteiger partial charge in [-0.2, -0.15) is 11.8 Å². The van der Waals surface area contributed by atoms with Gasteiger partial charge in [0.25, 0.3) is 11.8 Å². The average molecular weight is 277 g/mol. The van der Waals surface area contributed by atoms with Crippen molar-refractivity contribution in [2.24, 2.45) is 0 Å². The van der Waals surface area contributed by atoms with E-state index < -0.39 is 0 Å². The predicted molar refractivity (Wildman–Crippen MR) is 78.7 cm³/mol. The van der Waals surface area contributed by atoms with Crippen LogP contribution in [0.1, 0.15) is 46.9 Å². The summed E-state index contributed by atoms with van der Waals surface area (Å²) in [5.41, 5.74) is 1.09. The zero-order valence-corrected chi connectivity index (χ0v) is 12.0. The predicted octanol–water partition coefficient (Wildman–Crippen LogP) is 3.21. The van der Waals surface area contributed by atoms with E-state index >= 15 is 0 Å². The van der Waals surface area contributed by atoms with Gasteiger partial charge in [-0.3, -0.25) is 14.5 Å². The highest BCUT2D eigenvalue weighted by atomic mass is 32.2. The Morgan fingerprint density at radius 2 is 1.63 bits per heavy atom. The fourth-order valence-electron chi connectivity index (χ4n) is 2.15. The minimum Gasteiger partial charge on any atom is -0.274 e. The van der Waals surface area contributed by atoms with Gasteiger partial charge in [0.2, 0.25) is 0 Å². The quantitative estimate of drug-likeness (QED) is 0.567. The van der Waals surface area contributed by atoms with Crippen molar-refractivity contribution in [3.8, 4) is 0 Å². The van der Waals surface area contributed by atoms with E-state index in [1.54, 1.807) is 24.3 Å². The van der Waals surface area contributed by atoms with Crippen LogP contribution in [0.5, 0.6) is 0 Å². The van der Waals surface area contributed by atoms with Gasteiger partial charge in [0.15, 0.2) is 0 Å². The molecule has 0 fully saturated rings. The highest BCUT2D eigenvalue weighted by Gasteiger charge is 2.34. The molecule has 0 aromatic heterocycles. The minimum atomic E-state index is -0.144. The van der Waals surface area contributed by atoms with Crippen LogP contribution >= 0.6 is 11.8 Å². The molecule has 19 heavy (non-hydrogen) atoms. The molecule has 0 spiro atoms. The number of unbranched alkanes of at least 4 members (excludes halogenated alkanes) is 2. The van der Waals surface area contributed by atoms with E-state index in [1.807, 2.05) is 11.8 Å². The van der Waals surface area contributed by atoms with Gasteiger partial charge in [-0.25, -0.2) is 0 Å². The third-order valence-corrected chi connectivity index (χ3v) is 4.28. The molecule has 0 aliphatic carbocycles. The molecule has 1 heterocycles. The molecule has 1 aromatic rings. The molecule has 102 valence electrons. The average Bonchev–Trinajstić information content (AvgIpc) is 2.68. The lowest BCUT2D eigenvalue weighted by Gasteiger charge is -2.13. The molecule has 0 saturated heterocycles. The third kappa shape index (κ3) is 3.18. The number of hydrogen-bond acceptors (Lipinski definition) is 3. The monoisotopic (exact) mass is 277 g/mol. The van der Waals surface area contributed by atoms with Crippen LogP contribution in [0.15, 0.2) is 24.3 Å². The molecule has 3 nitrogen and oxygen atoms in total. The van der Waals surface area contributed by atoms with Gasteiger partial charge in [0.05, 0.1) is 11.1 Å². The summed E-state index contributed by atoms with van der Waals surface area (Å²) in [4.78, 5) is 25.5. The normalized spacial score (nSPS) is 14.1. The SMILES string of the molecule is CCCCCSCCN1C(=O)c2ccccc2C1=O. The van der Waals surface area contributed by atoms with E-state index in [-0.39, 0.29) is 11.8 Å². The van der Waals surface area contributed by atoms with Crippen LogP contribution in [0.2, 0.25) is 0 Å². The first-order valence-corrected chi connectivity index (χ1v) is 7.94. The zero-order valence-electron chi connectivity index (χ0n) is 11.2. The largest absolute Gasteiger partial charge is 0.274 e. The number of carbonyl (C=O) groups excluding carboxylic acids is 2. The summed E-state index contributed by atoms with van der Waals surface area (Å²) in [6, 6.07) is 7.05. The van der Waals surface area contributed by atoms with E-state index in [0.717, 1.165) is 11.5 Å². The van der Waals surface area contributed by atoms with E-state index in [1.165, 1.54) is 24.2 Å². The fourth-order valence-corrected chi connectivity index (χ4v) is 3.08. The minimum absolute atomic E-state index is 0.144. The third-order valence-electron chi connectivity index (χ3n) is 3.23. The van der Waals surface area contributed by atoms with Crippen molar-refractivity contribution in [3.05, 3.63) is 35.4 Å². The summed E-state index contributed by atoms with van der Waals surface area (Å²) < 4.78 is 0. The van der Waals surface area contributed by atoms with Crippen molar-refractivity contribution in [2.45, 2.75) is 26.2 Å². The molecular formula is C15H19NO2S. The van der Waals surface area contributed by atoms with Crippen LogP contribution in [0.4, 0.5) is 0 Å². The molecule has 1 aliphatic rings. The number of imide groups is 1. The molecule has 1 aromatic carbocycles. The van der Waals surface area contributed by atoms with Gasteiger partial charge >= 0.3 is 0 Å². The maximum absolute atomic E-state index is 12.1. The molecule has 0 radical (unpaired) electrons. The molecule has 0 unspecified atom stereocenters. The molecule has 2 rings (SSSR count). The summed E-state index contributed by atoms with van der Waals surface area (Å²) in [7, 11) is 0. The molecule has 4 heteroatoms. The van der Waals surface area contributed by atoms with Crippen LogP contribution in [0.3, 0.4) is 0 Å². The molecule has 0 atom stereocenters. The first-order valence-electron chi connectivity index (χ1n) is 6.78. The Bertz CT molecular complexity index is 438. The van der Waals surface area contributed by atoms with Crippen LogP contribution in [-0.4, -0.2) is 34.8 Å². The Morgan fingerprint density at radius 1 is 1.00 bits per heavy atom. The number of thioether (sulfide) groups is 1. The lowest BCUT2D eigenvalue weighted by Crippen LogP contribution is -2.31. The Kier molecular flexibility index (Phi) is 5.02. The van der Waals surface area contributed by atoms with Gasteiger partial charge in [-0.1, -0.05) is 31.9 Å². The Labute approximate surface area is 118 Å². The number of benzene rings is 1. The first kappa shape index (κ1) is 14.1. The number of carbonyl (C=O) groups is 2. The highest BCUT2D eigenvalue weighted by molar-refractivity contribution is 7.99. The molecular weight excluding hydrogens is 258 g/mol. The van der Waals surface area contributed by atoms with Gasteiger partial charge in [-0.05, 0) is 24.3 Å². The molecule has 2 amide bonds. The Morgan fingerprint density at radius 3 is 2.21 bits per heavy atom. The van der Waals surface area contributed by atoms with Gasteiger partial charge in [-0.15, -0.1) is 0 Å². The first-order chi connectivity index (χ1) is 9.25. The second kappa shape index (κ2) is 6.75. The summed E-state index contributed by atoms with van der Waals surface area (Å²) >= 11 is 1.82. The van der Waals surface area contributed by atoms with Crippen molar-refractivity contribution < 1.29 is 9.59 Å². The second-order valence-corrected chi connectivity index (χ2v) is 5.85. The van der Waals surface area contributed by atoms with Crippen molar-refractivity contribution in [1.29, 1.82) is 0 Å². The maximum Gasteiger partial charge on any atom is 0.261 e. The highest BCUT2D eigenvalue weighted by Crippen LogP contribution is 2.22. The summed E-state index contributed by atoms with van der Waals surface area (Å²) in [5.74, 6) is 1.65. The Balaban J connectivity index is 1.83. The number of amides is 2. The van der Waals surface area contributed by atoms with Crippen LogP contribution < -0.4 is 0 Å². The molecule has 0 N–H and O–H groups in total. The van der Waals surface area contributed by atoms with Crippen LogP contribution in [0.25, 0.3) is 0 Å². The smallest absolute Gasteiger partial charge is 0.261 e. The van der Waals surface area contributed by atoms with Gasteiger partial charge < -0.3 is 0 Å².